The van der Waals surface area contributed by atoms with Gasteiger partial charge in [-0.2, -0.15) is 0 Å². The number of carbonyl (C=O) groups is 1. The molecule has 2 heterocycles. The highest BCUT2D eigenvalue weighted by atomic mass is 16.2. The fourth-order valence-corrected chi connectivity index (χ4v) is 3.00. The zero-order valence-electron chi connectivity index (χ0n) is 12.6. The fourth-order valence-electron chi connectivity index (χ4n) is 3.00. The number of pyridine rings is 1. The third-order valence-corrected chi connectivity index (χ3v) is 4.51. The molecule has 1 unspecified atom stereocenters. The molecule has 3 rings (SSSR count). The molecule has 0 aliphatic carbocycles. The molecule has 2 aromatic rings. The molecule has 1 atom stereocenters. The number of aromatic nitrogens is 1. The van der Waals surface area contributed by atoms with Crippen LogP contribution in [0.25, 0.3) is 10.9 Å². The maximum Gasteiger partial charge on any atom is 0.231 e. The summed E-state index contributed by atoms with van der Waals surface area (Å²) in [6.07, 6.45) is 1.75. The average molecular weight is 283 g/mol. The molecule has 0 radical (unpaired) electrons. The van der Waals surface area contributed by atoms with Crippen molar-refractivity contribution < 1.29 is 4.79 Å². The summed E-state index contributed by atoms with van der Waals surface area (Å²) in [7, 11) is 0. The van der Waals surface area contributed by atoms with Crippen LogP contribution in [-0.4, -0.2) is 24.0 Å². The summed E-state index contributed by atoms with van der Waals surface area (Å²) in [5, 5.41) is 7.45. The number of para-hydroxylation sites is 1. The van der Waals surface area contributed by atoms with Gasteiger partial charge in [0.2, 0.25) is 5.91 Å². The van der Waals surface area contributed by atoms with Crippen LogP contribution in [0, 0.1) is 12.3 Å². The van der Waals surface area contributed by atoms with E-state index >= 15 is 0 Å². The van der Waals surface area contributed by atoms with Gasteiger partial charge in [-0.25, -0.2) is 0 Å². The summed E-state index contributed by atoms with van der Waals surface area (Å²) in [6.45, 7) is 5.71. The molecule has 1 fully saturated rings. The van der Waals surface area contributed by atoms with Crippen LogP contribution in [0.15, 0.2) is 30.3 Å². The first-order chi connectivity index (χ1) is 10.1. The molecule has 1 aliphatic heterocycles. The van der Waals surface area contributed by atoms with Gasteiger partial charge in [0.25, 0.3) is 0 Å². The minimum Gasteiger partial charge on any atom is -0.324 e. The molecule has 0 saturated carbocycles. The van der Waals surface area contributed by atoms with Crippen LogP contribution in [0.4, 0.5) is 5.69 Å². The van der Waals surface area contributed by atoms with E-state index in [1.807, 2.05) is 37.3 Å². The second-order valence-corrected chi connectivity index (χ2v) is 5.84. The van der Waals surface area contributed by atoms with Gasteiger partial charge in [0.15, 0.2) is 0 Å². The molecule has 1 saturated heterocycles. The number of hydrogen-bond acceptors (Lipinski definition) is 3. The number of rotatable bonds is 3. The minimum atomic E-state index is -0.286. The predicted molar refractivity (Wildman–Crippen MR) is 85.3 cm³/mol. The highest BCUT2D eigenvalue weighted by Crippen LogP contribution is 2.32. The number of fused-ring (bicyclic) bond motifs is 1. The topological polar surface area (TPSA) is 54.0 Å². The highest BCUT2D eigenvalue weighted by molar-refractivity contribution is 6.02. The molecule has 4 heteroatoms. The normalized spacial score (nSPS) is 21.6. The van der Waals surface area contributed by atoms with Crippen molar-refractivity contribution in [2.45, 2.75) is 26.7 Å². The molecule has 0 spiro atoms. The Balaban J connectivity index is 1.94. The number of carbonyl (C=O) groups excluding carboxylic acids is 1. The molecule has 1 aromatic carbocycles. The number of hydrogen-bond donors (Lipinski definition) is 2. The van der Waals surface area contributed by atoms with Gasteiger partial charge in [-0.3, -0.25) is 9.78 Å². The summed E-state index contributed by atoms with van der Waals surface area (Å²) in [4.78, 5) is 17.3. The SMILES string of the molecule is CCC1(C(=O)Nc2cccc3ccc(C)nc23)CCNC1. The van der Waals surface area contributed by atoms with Crippen molar-refractivity contribution in [1.82, 2.24) is 10.3 Å². The van der Waals surface area contributed by atoms with E-state index in [2.05, 4.69) is 22.5 Å². The van der Waals surface area contributed by atoms with E-state index in [9.17, 15) is 4.79 Å². The molecular formula is C17H21N3O. The molecule has 1 aromatic heterocycles. The van der Waals surface area contributed by atoms with Crippen molar-refractivity contribution >= 4 is 22.5 Å². The van der Waals surface area contributed by atoms with Crippen molar-refractivity contribution in [2.24, 2.45) is 5.41 Å². The third kappa shape index (κ3) is 2.51. The van der Waals surface area contributed by atoms with Gasteiger partial charge < -0.3 is 10.6 Å². The van der Waals surface area contributed by atoms with Gasteiger partial charge in [-0.05, 0) is 38.4 Å². The third-order valence-electron chi connectivity index (χ3n) is 4.51. The number of nitrogens with one attached hydrogen (secondary N) is 2. The Bertz CT molecular complexity index is 675. The smallest absolute Gasteiger partial charge is 0.231 e. The molecule has 21 heavy (non-hydrogen) atoms. The van der Waals surface area contributed by atoms with Gasteiger partial charge >= 0.3 is 0 Å². The first-order valence-corrected chi connectivity index (χ1v) is 7.53. The molecule has 0 bridgehead atoms. The van der Waals surface area contributed by atoms with Gasteiger partial charge in [0.1, 0.15) is 0 Å². The Morgan fingerprint density at radius 3 is 2.95 bits per heavy atom. The summed E-state index contributed by atoms with van der Waals surface area (Å²) >= 11 is 0. The van der Waals surface area contributed by atoms with Crippen molar-refractivity contribution in [2.75, 3.05) is 18.4 Å². The zero-order valence-corrected chi connectivity index (χ0v) is 12.6. The first kappa shape index (κ1) is 14.0. The van der Waals surface area contributed by atoms with Crippen LogP contribution < -0.4 is 10.6 Å². The van der Waals surface area contributed by atoms with E-state index in [1.165, 1.54) is 0 Å². The van der Waals surface area contributed by atoms with Gasteiger partial charge in [-0.1, -0.05) is 25.1 Å². The van der Waals surface area contributed by atoms with E-state index in [0.717, 1.165) is 48.2 Å². The second-order valence-electron chi connectivity index (χ2n) is 5.84. The summed E-state index contributed by atoms with van der Waals surface area (Å²) in [5.74, 6) is 0.103. The van der Waals surface area contributed by atoms with E-state index in [4.69, 9.17) is 0 Å². The van der Waals surface area contributed by atoms with Crippen LogP contribution in [-0.2, 0) is 4.79 Å². The van der Waals surface area contributed by atoms with Gasteiger partial charge in [0, 0.05) is 17.6 Å². The summed E-state index contributed by atoms with van der Waals surface area (Å²) in [5.41, 5.74) is 2.34. The number of amides is 1. The molecule has 1 amide bonds. The average Bonchev–Trinajstić information content (AvgIpc) is 2.98. The van der Waals surface area contributed by atoms with Crippen LogP contribution in [0.5, 0.6) is 0 Å². The Hall–Kier alpha value is -1.94. The first-order valence-electron chi connectivity index (χ1n) is 7.53. The van der Waals surface area contributed by atoms with Crippen LogP contribution in [0.1, 0.15) is 25.5 Å². The maximum absolute atomic E-state index is 12.7. The van der Waals surface area contributed by atoms with E-state index in [0.29, 0.717) is 0 Å². The van der Waals surface area contributed by atoms with Gasteiger partial charge in [-0.15, -0.1) is 0 Å². The number of benzene rings is 1. The lowest BCUT2D eigenvalue weighted by Crippen LogP contribution is -2.37. The summed E-state index contributed by atoms with van der Waals surface area (Å²) in [6, 6.07) is 9.94. The lowest BCUT2D eigenvalue weighted by molar-refractivity contribution is -0.124. The van der Waals surface area contributed by atoms with Crippen molar-refractivity contribution in [3.8, 4) is 0 Å². The van der Waals surface area contributed by atoms with Crippen molar-refractivity contribution in [3.05, 3.63) is 36.0 Å². The largest absolute Gasteiger partial charge is 0.324 e. The van der Waals surface area contributed by atoms with E-state index in [-0.39, 0.29) is 11.3 Å². The van der Waals surface area contributed by atoms with Crippen LogP contribution in [0.3, 0.4) is 0 Å². The number of nitrogens with zero attached hydrogens (tertiary/aromatic N) is 1. The quantitative estimate of drug-likeness (QED) is 0.910. The van der Waals surface area contributed by atoms with E-state index < -0.39 is 0 Å². The Labute approximate surface area is 125 Å². The second kappa shape index (κ2) is 5.45. The van der Waals surface area contributed by atoms with Crippen LogP contribution in [0.2, 0.25) is 0 Å². The molecule has 4 nitrogen and oxygen atoms in total. The maximum atomic E-state index is 12.7. The van der Waals surface area contributed by atoms with E-state index in [1.54, 1.807) is 0 Å². The number of aryl methyl sites for hydroxylation is 1. The molecular weight excluding hydrogens is 262 g/mol. The molecule has 2 N–H and O–H groups in total. The molecule has 110 valence electrons. The summed E-state index contributed by atoms with van der Waals surface area (Å²) < 4.78 is 0. The zero-order chi connectivity index (χ0) is 14.9. The lowest BCUT2D eigenvalue weighted by Gasteiger charge is -2.25. The fraction of sp³-hybridized carbons (Fsp3) is 0.412. The standard InChI is InChI=1S/C17H21N3O/c1-3-17(9-10-18-11-17)16(21)20-14-6-4-5-13-8-7-12(2)19-15(13)14/h4-8,18H,3,9-11H2,1-2H3,(H,20,21). The predicted octanol–water partition coefficient (Wildman–Crippen LogP) is 2.87. The Morgan fingerprint density at radius 2 is 2.24 bits per heavy atom. The monoisotopic (exact) mass is 283 g/mol. The molecule has 1 aliphatic rings. The Morgan fingerprint density at radius 1 is 1.38 bits per heavy atom. The Kier molecular flexibility index (Phi) is 3.64. The lowest BCUT2D eigenvalue weighted by atomic mass is 9.83. The van der Waals surface area contributed by atoms with Crippen molar-refractivity contribution in [1.29, 1.82) is 0 Å². The minimum absolute atomic E-state index is 0.103. The van der Waals surface area contributed by atoms with Crippen molar-refractivity contribution in [3.63, 3.8) is 0 Å². The highest BCUT2D eigenvalue weighted by Gasteiger charge is 2.39. The number of anilines is 1. The van der Waals surface area contributed by atoms with Gasteiger partial charge in [0.05, 0.1) is 16.6 Å². The van der Waals surface area contributed by atoms with Crippen LogP contribution >= 0.6 is 0 Å².